The minimum atomic E-state index is -0.438. The Morgan fingerprint density at radius 3 is 1.84 bits per heavy atom. The van der Waals surface area contributed by atoms with Gasteiger partial charge < -0.3 is 0 Å². The Hall–Kier alpha value is -3.04. The number of hydrogen-bond acceptors (Lipinski definition) is 2. The number of hydrogen-bond donors (Lipinski definition) is 0. The van der Waals surface area contributed by atoms with E-state index in [0.717, 1.165) is 5.56 Å². The summed E-state index contributed by atoms with van der Waals surface area (Å²) in [6.07, 6.45) is 0. The summed E-state index contributed by atoms with van der Waals surface area (Å²) in [4.78, 5) is 10.0. The largest absolute Gasteiger partial charge is 0.269 e. The number of non-ortho nitro benzene ring substituents is 1. The van der Waals surface area contributed by atoms with Gasteiger partial charge in [0.2, 0.25) is 0 Å². The predicted octanol–water partition coefficient (Wildman–Crippen LogP) is 3.00. The summed E-state index contributed by atoms with van der Waals surface area (Å²) in [7, 11) is 0. The average Bonchev–Trinajstić information content (AvgIpc) is 2.45. The zero-order valence-electron chi connectivity index (χ0n) is 9.96. The molecule has 0 saturated heterocycles. The standard InChI is InChI=1S/C16H9NO2/c18-17(19)16-12-10-15(11-13-16)9-5-4-8-14-6-2-1-3-7-14/h1-3,6-7,10-13H. The van der Waals surface area contributed by atoms with E-state index >= 15 is 0 Å². The highest BCUT2D eigenvalue weighted by Crippen LogP contribution is 2.10. The summed E-state index contributed by atoms with van der Waals surface area (Å²) in [5, 5.41) is 10.5. The molecule has 0 saturated carbocycles. The van der Waals surface area contributed by atoms with Gasteiger partial charge in [-0.15, -0.1) is 0 Å². The third-order valence-corrected chi connectivity index (χ3v) is 2.33. The van der Waals surface area contributed by atoms with Gasteiger partial charge in [0.05, 0.1) is 4.92 Å². The molecule has 0 bridgehead atoms. The first kappa shape index (κ1) is 12.4. The van der Waals surface area contributed by atoms with Crippen molar-refractivity contribution in [2.75, 3.05) is 0 Å². The fourth-order valence-electron chi connectivity index (χ4n) is 1.39. The van der Waals surface area contributed by atoms with E-state index in [2.05, 4.69) is 23.7 Å². The van der Waals surface area contributed by atoms with E-state index < -0.39 is 4.92 Å². The fraction of sp³-hybridized carbons (Fsp3) is 0. The Balaban J connectivity index is 2.09. The Morgan fingerprint density at radius 2 is 1.32 bits per heavy atom. The smallest absolute Gasteiger partial charge is 0.258 e. The lowest BCUT2D eigenvalue weighted by Crippen LogP contribution is -1.86. The van der Waals surface area contributed by atoms with Crippen LogP contribution in [0, 0.1) is 33.8 Å². The van der Waals surface area contributed by atoms with Crippen molar-refractivity contribution in [1.29, 1.82) is 0 Å². The maximum atomic E-state index is 10.5. The first-order valence-corrected chi connectivity index (χ1v) is 5.57. The van der Waals surface area contributed by atoms with Crippen molar-refractivity contribution in [2.24, 2.45) is 0 Å². The van der Waals surface area contributed by atoms with Crippen LogP contribution in [0.5, 0.6) is 0 Å². The van der Waals surface area contributed by atoms with Gasteiger partial charge in [-0.2, -0.15) is 0 Å². The topological polar surface area (TPSA) is 43.1 Å². The Kier molecular flexibility index (Phi) is 3.95. The quantitative estimate of drug-likeness (QED) is 0.441. The maximum Gasteiger partial charge on any atom is 0.269 e. The van der Waals surface area contributed by atoms with Gasteiger partial charge in [0, 0.05) is 23.3 Å². The number of rotatable bonds is 1. The maximum absolute atomic E-state index is 10.5. The molecular formula is C16H9NO2. The SMILES string of the molecule is O=[N+]([O-])c1ccc(C#CC#Cc2ccccc2)cc1. The van der Waals surface area contributed by atoms with Gasteiger partial charge in [-0.3, -0.25) is 10.1 Å². The van der Waals surface area contributed by atoms with E-state index in [1.807, 2.05) is 30.3 Å². The molecule has 0 aromatic heterocycles. The van der Waals surface area contributed by atoms with Crippen molar-refractivity contribution in [2.45, 2.75) is 0 Å². The highest BCUT2D eigenvalue weighted by atomic mass is 16.6. The zero-order valence-corrected chi connectivity index (χ0v) is 9.96. The first-order chi connectivity index (χ1) is 9.25. The Labute approximate surface area is 111 Å². The third kappa shape index (κ3) is 3.73. The number of nitrogens with zero attached hydrogens (tertiary/aromatic N) is 1. The molecule has 19 heavy (non-hydrogen) atoms. The van der Waals surface area contributed by atoms with Gasteiger partial charge in [-0.05, 0) is 36.1 Å². The molecule has 0 aliphatic heterocycles. The number of nitro benzene ring substituents is 1. The van der Waals surface area contributed by atoms with Gasteiger partial charge in [0.1, 0.15) is 0 Å². The zero-order chi connectivity index (χ0) is 13.5. The molecule has 0 radical (unpaired) electrons. The third-order valence-electron chi connectivity index (χ3n) is 2.33. The molecule has 2 aromatic carbocycles. The van der Waals surface area contributed by atoms with E-state index in [1.54, 1.807) is 12.1 Å². The van der Waals surface area contributed by atoms with Crippen LogP contribution < -0.4 is 0 Å². The summed E-state index contributed by atoms with van der Waals surface area (Å²) in [6, 6.07) is 15.6. The van der Waals surface area contributed by atoms with Crippen LogP contribution in [0.1, 0.15) is 11.1 Å². The Morgan fingerprint density at radius 1 is 0.789 bits per heavy atom. The second-order valence-electron chi connectivity index (χ2n) is 3.67. The summed E-state index contributed by atoms with van der Waals surface area (Å²) in [5.74, 6) is 11.2. The highest BCUT2D eigenvalue weighted by molar-refractivity contribution is 5.46. The van der Waals surface area contributed by atoms with E-state index in [-0.39, 0.29) is 5.69 Å². The van der Waals surface area contributed by atoms with Crippen LogP contribution in [-0.2, 0) is 0 Å². The molecule has 0 fully saturated rings. The van der Waals surface area contributed by atoms with Crippen LogP contribution in [-0.4, -0.2) is 4.92 Å². The summed E-state index contributed by atoms with van der Waals surface area (Å²) < 4.78 is 0. The second kappa shape index (κ2) is 6.05. The lowest BCUT2D eigenvalue weighted by Gasteiger charge is -1.90. The molecule has 0 spiro atoms. The molecule has 2 rings (SSSR count). The molecule has 0 heterocycles. The minimum absolute atomic E-state index is 0.0564. The van der Waals surface area contributed by atoms with Gasteiger partial charge in [-0.25, -0.2) is 0 Å². The van der Waals surface area contributed by atoms with Gasteiger partial charge in [0.25, 0.3) is 5.69 Å². The molecule has 3 heteroatoms. The molecule has 3 nitrogen and oxygen atoms in total. The predicted molar refractivity (Wildman–Crippen MR) is 73.3 cm³/mol. The molecular weight excluding hydrogens is 238 g/mol. The minimum Gasteiger partial charge on any atom is -0.258 e. The van der Waals surface area contributed by atoms with Crippen LogP contribution in [0.25, 0.3) is 0 Å². The number of nitro groups is 1. The van der Waals surface area contributed by atoms with Crippen molar-refractivity contribution in [3.05, 3.63) is 75.8 Å². The van der Waals surface area contributed by atoms with E-state index in [4.69, 9.17) is 0 Å². The summed E-state index contributed by atoms with van der Waals surface area (Å²) in [5.41, 5.74) is 1.66. The van der Waals surface area contributed by atoms with Crippen LogP contribution >= 0.6 is 0 Å². The van der Waals surface area contributed by atoms with Crippen molar-refractivity contribution in [3.8, 4) is 23.7 Å². The first-order valence-electron chi connectivity index (χ1n) is 5.57. The van der Waals surface area contributed by atoms with Gasteiger partial charge in [0.15, 0.2) is 0 Å². The van der Waals surface area contributed by atoms with Crippen molar-refractivity contribution in [1.82, 2.24) is 0 Å². The molecule has 0 atom stereocenters. The van der Waals surface area contributed by atoms with Crippen molar-refractivity contribution in [3.63, 3.8) is 0 Å². The molecule has 0 N–H and O–H groups in total. The molecule has 0 aliphatic carbocycles. The van der Waals surface area contributed by atoms with E-state index in [0.29, 0.717) is 5.56 Å². The van der Waals surface area contributed by atoms with Crippen LogP contribution in [0.3, 0.4) is 0 Å². The van der Waals surface area contributed by atoms with Gasteiger partial charge in [-0.1, -0.05) is 30.0 Å². The molecule has 90 valence electrons. The monoisotopic (exact) mass is 247 g/mol. The molecule has 0 amide bonds. The van der Waals surface area contributed by atoms with Crippen molar-refractivity contribution < 1.29 is 4.92 Å². The number of benzene rings is 2. The van der Waals surface area contributed by atoms with E-state index in [9.17, 15) is 10.1 Å². The van der Waals surface area contributed by atoms with Crippen molar-refractivity contribution >= 4 is 5.69 Å². The molecule has 2 aromatic rings. The summed E-state index contributed by atoms with van der Waals surface area (Å²) >= 11 is 0. The summed E-state index contributed by atoms with van der Waals surface area (Å²) in [6.45, 7) is 0. The normalized spacial score (nSPS) is 8.63. The Bertz CT molecular complexity index is 696. The second-order valence-corrected chi connectivity index (χ2v) is 3.67. The van der Waals surface area contributed by atoms with Crippen LogP contribution in [0.4, 0.5) is 5.69 Å². The average molecular weight is 247 g/mol. The van der Waals surface area contributed by atoms with Gasteiger partial charge >= 0.3 is 0 Å². The lowest BCUT2D eigenvalue weighted by molar-refractivity contribution is -0.384. The van der Waals surface area contributed by atoms with E-state index in [1.165, 1.54) is 12.1 Å². The molecule has 0 unspecified atom stereocenters. The molecule has 0 aliphatic rings. The highest BCUT2D eigenvalue weighted by Gasteiger charge is 2.01. The van der Waals surface area contributed by atoms with Crippen LogP contribution in [0.15, 0.2) is 54.6 Å². The lowest BCUT2D eigenvalue weighted by atomic mass is 10.2. The fourth-order valence-corrected chi connectivity index (χ4v) is 1.39. The van der Waals surface area contributed by atoms with Crippen LogP contribution in [0.2, 0.25) is 0 Å².